The van der Waals surface area contributed by atoms with Crippen molar-refractivity contribution in [3.05, 3.63) is 29.8 Å². The zero-order valence-corrected chi connectivity index (χ0v) is 14.2. The lowest BCUT2D eigenvalue weighted by Gasteiger charge is -2.24. The Morgan fingerprint density at radius 3 is 2.55 bits per heavy atom. The Balaban J connectivity index is 1.88. The van der Waals surface area contributed by atoms with Gasteiger partial charge in [-0.3, -0.25) is 4.90 Å². The minimum atomic E-state index is -0.417. The lowest BCUT2D eigenvalue weighted by atomic mass is 9.97. The van der Waals surface area contributed by atoms with E-state index in [9.17, 15) is 5.11 Å². The Labute approximate surface area is 134 Å². The van der Waals surface area contributed by atoms with Crippen molar-refractivity contribution in [2.45, 2.75) is 51.4 Å². The fraction of sp³-hybridized carbons (Fsp3) is 0.667. The van der Waals surface area contributed by atoms with Crippen LogP contribution in [-0.2, 0) is 4.74 Å². The molecule has 3 unspecified atom stereocenters. The Hall–Kier alpha value is -1.10. The van der Waals surface area contributed by atoms with Crippen molar-refractivity contribution in [2.75, 3.05) is 26.8 Å². The molecule has 1 aromatic rings. The molecule has 1 heterocycles. The van der Waals surface area contributed by atoms with E-state index in [-0.39, 0.29) is 6.10 Å². The lowest BCUT2D eigenvalue weighted by Crippen LogP contribution is -2.37. The number of ether oxygens (including phenoxy) is 2. The van der Waals surface area contributed by atoms with Crippen molar-refractivity contribution in [1.29, 1.82) is 0 Å². The van der Waals surface area contributed by atoms with Gasteiger partial charge in [0, 0.05) is 19.1 Å². The van der Waals surface area contributed by atoms with Crippen LogP contribution in [0.3, 0.4) is 0 Å². The predicted octanol–water partition coefficient (Wildman–Crippen LogP) is 2.66. The van der Waals surface area contributed by atoms with Gasteiger partial charge in [0.1, 0.15) is 5.75 Å². The van der Waals surface area contributed by atoms with Crippen LogP contribution in [0.1, 0.15) is 38.7 Å². The Morgan fingerprint density at radius 1 is 1.27 bits per heavy atom. The normalized spacial score (nSPS) is 23.9. The molecule has 0 spiro atoms. The second kappa shape index (κ2) is 7.95. The summed E-state index contributed by atoms with van der Waals surface area (Å²) in [5.74, 6) is 1.42. The third-order valence-corrected chi connectivity index (χ3v) is 4.36. The summed E-state index contributed by atoms with van der Waals surface area (Å²) in [6.45, 7) is 8.30. The molecule has 2 rings (SSSR count). The molecule has 0 aromatic heterocycles. The number of hydrogen-bond acceptors (Lipinski definition) is 4. The molecule has 4 nitrogen and oxygen atoms in total. The highest BCUT2D eigenvalue weighted by molar-refractivity contribution is 5.30. The largest absolute Gasteiger partial charge is 0.497 e. The van der Waals surface area contributed by atoms with Crippen LogP contribution in [0.5, 0.6) is 5.75 Å². The highest BCUT2D eigenvalue weighted by atomic mass is 16.5. The molecule has 1 aliphatic rings. The number of benzene rings is 1. The van der Waals surface area contributed by atoms with Crippen LogP contribution < -0.4 is 4.74 Å². The Morgan fingerprint density at radius 2 is 1.95 bits per heavy atom. The van der Waals surface area contributed by atoms with Gasteiger partial charge in [0.05, 0.1) is 25.9 Å². The molecule has 0 aliphatic carbocycles. The van der Waals surface area contributed by atoms with E-state index in [0.29, 0.717) is 25.1 Å². The molecule has 124 valence electrons. The number of rotatable bonds is 7. The molecule has 0 bridgehead atoms. The van der Waals surface area contributed by atoms with Crippen LogP contribution in [0, 0.1) is 0 Å². The first kappa shape index (κ1) is 17.3. The van der Waals surface area contributed by atoms with Crippen LogP contribution in [0.15, 0.2) is 24.3 Å². The second-order valence-corrected chi connectivity index (χ2v) is 6.54. The van der Waals surface area contributed by atoms with Crippen LogP contribution in [0.25, 0.3) is 0 Å². The van der Waals surface area contributed by atoms with Gasteiger partial charge in [-0.15, -0.1) is 0 Å². The van der Waals surface area contributed by atoms with Gasteiger partial charge in [-0.05, 0) is 50.8 Å². The number of nitrogens with zero attached hydrogens (tertiary/aromatic N) is 1. The zero-order valence-electron chi connectivity index (χ0n) is 14.2. The summed E-state index contributed by atoms with van der Waals surface area (Å²) in [6.07, 6.45) is 0.876. The first-order chi connectivity index (χ1) is 10.5. The Bertz CT molecular complexity index is 446. The van der Waals surface area contributed by atoms with Gasteiger partial charge in [-0.25, -0.2) is 0 Å². The van der Waals surface area contributed by atoms with E-state index >= 15 is 0 Å². The third-order valence-electron chi connectivity index (χ3n) is 4.36. The van der Waals surface area contributed by atoms with Crippen molar-refractivity contribution < 1.29 is 14.6 Å². The molecule has 1 aromatic carbocycles. The van der Waals surface area contributed by atoms with E-state index in [2.05, 4.69) is 24.0 Å². The van der Waals surface area contributed by atoms with E-state index in [4.69, 9.17) is 9.47 Å². The van der Waals surface area contributed by atoms with Crippen LogP contribution in [0.2, 0.25) is 0 Å². The minimum Gasteiger partial charge on any atom is -0.497 e. The number of aliphatic hydroxyl groups excluding tert-OH is 1. The van der Waals surface area contributed by atoms with E-state index in [1.165, 1.54) is 5.56 Å². The first-order valence-electron chi connectivity index (χ1n) is 8.17. The quantitative estimate of drug-likeness (QED) is 0.841. The lowest BCUT2D eigenvalue weighted by molar-refractivity contribution is -0.00934. The molecule has 0 amide bonds. The number of β-amino-alcohol motifs (C(OH)–C–C–N with tert-alkyl or cyclic N) is 1. The topological polar surface area (TPSA) is 41.9 Å². The fourth-order valence-corrected chi connectivity index (χ4v) is 3.10. The van der Waals surface area contributed by atoms with Crippen molar-refractivity contribution in [2.24, 2.45) is 0 Å². The molecule has 1 saturated heterocycles. The van der Waals surface area contributed by atoms with Gasteiger partial charge in [-0.1, -0.05) is 12.1 Å². The second-order valence-electron chi connectivity index (χ2n) is 6.54. The zero-order chi connectivity index (χ0) is 16.1. The average molecular weight is 307 g/mol. The molecule has 22 heavy (non-hydrogen) atoms. The molecule has 0 saturated carbocycles. The number of hydrogen-bond donors (Lipinski definition) is 1. The summed E-state index contributed by atoms with van der Waals surface area (Å²) >= 11 is 0. The summed E-state index contributed by atoms with van der Waals surface area (Å²) in [7, 11) is 1.69. The first-order valence-corrected chi connectivity index (χ1v) is 8.17. The monoisotopic (exact) mass is 307 g/mol. The highest BCUT2D eigenvalue weighted by Gasteiger charge is 2.31. The summed E-state index contributed by atoms with van der Waals surface area (Å²) < 4.78 is 10.7. The minimum absolute atomic E-state index is 0.165. The molecule has 4 heteroatoms. The van der Waals surface area contributed by atoms with Crippen molar-refractivity contribution in [1.82, 2.24) is 4.90 Å². The average Bonchev–Trinajstić information content (AvgIpc) is 2.86. The van der Waals surface area contributed by atoms with Crippen molar-refractivity contribution >= 4 is 0 Å². The molecule has 1 N–H and O–H groups in total. The number of methoxy groups -OCH3 is 1. The number of aliphatic hydroxyl groups is 1. The van der Waals surface area contributed by atoms with E-state index < -0.39 is 6.10 Å². The van der Waals surface area contributed by atoms with Gasteiger partial charge in [0.2, 0.25) is 0 Å². The standard InChI is InChI=1S/C18H29NO3/c1-13(2)22-12-17(20)11-19-10-16(9-14(19)3)15-5-7-18(21-4)8-6-15/h5-8,13-14,16-17,20H,9-12H2,1-4H3. The SMILES string of the molecule is COc1ccc(C2CC(C)N(CC(O)COC(C)C)C2)cc1. The molecule has 3 atom stereocenters. The van der Waals surface area contributed by atoms with E-state index in [1.54, 1.807) is 7.11 Å². The fourth-order valence-electron chi connectivity index (χ4n) is 3.10. The van der Waals surface area contributed by atoms with Crippen molar-refractivity contribution in [3.8, 4) is 5.75 Å². The van der Waals surface area contributed by atoms with Crippen LogP contribution in [0.4, 0.5) is 0 Å². The molecule has 0 radical (unpaired) electrons. The highest BCUT2D eigenvalue weighted by Crippen LogP contribution is 2.32. The van der Waals surface area contributed by atoms with Gasteiger partial charge >= 0.3 is 0 Å². The summed E-state index contributed by atoms with van der Waals surface area (Å²) in [5, 5.41) is 10.1. The smallest absolute Gasteiger partial charge is 0.118 e. The summed E-state index contributed by atoms with van der Waals surface area (Å²) in [6, 6.07) is 8.83. The molecule has 1 fully saturated rings. The third kappa shape index (κ3) is 4.70. The van der Waals surface area contributed by atoms with E-state index in [1.807, 2.05) is 26.0 Å². The Kier molecular flexibility index (Phi) is 6.24. The van der Waals surface area contributed by atoms with Crippen LogP contribution in [-0.4, -0.2) is 55.1 Å². The van der Waals surface area contributed by atoms with Crippen molar-refractivity contribution in [3.63, 3.8) is 0 Å². The van der Waals surface area contributed by atoms with Gasteiger partial charge in [0.25, 0.3) is 0 Å². The maximum Gasteiger partial charge on any atom is 0.118 e. The van der Waals surface area contributed by atoms with Gasteiger partial charge in [0.15, 0.2) is 0 Å². The summed E-state index contributed by atoms with van der Waals surface area (Å²) in [4.78, 5) is 2.36. The van der Waals surface area contributed by atoms with Gasteiger partial charge in [-0.2, -0.15) is 0 Å². The van der Waals surface area contributed by atoms with Crippen LogP contribution >= 0.6 is 0 Å². The molecular weight excluding hydrogens is 278 g/mol. The maximum absolute atomic E-state index is 10.1. The van der Waals surface area contributed by atoms with Gasteiger partial charge < -0.3 is 14.6 Å². The predicted molar refractivity (Wildman–Crippen MR) is 88.5 cm³/mol. The molecular formula is C18H29NO3. The number of likely N-dealkylation sites (tertiary alicyclic amines) is 1. The van der Waals surface area contributed by atoms with E-state index in [0.717, 1.165) is 18.7 Å². The maximum atomic E-state index is 10.1. The summed E-state index contributed by atoms with van der Waals surface area (Å²) in [5.41, 5.74) is 1.35. The molecule has 1 aliphatic heterocycles.